The van der Waals surface area contributed by atoms with Gasteiger partial charge in [-0.2, -0.15) is 0 Å². The number of methoxy groups -OCH3 is 1. The number of hydrogen-bond donors (Lipinski definition) is 1. The van der Waals surface area contributed by atoms with Gasteiger partial charge in [-0.05, 0) is 37.3 Å². The molecule has 0 aliphatic rings. The van der Waals surface area contributed by atoms with Crippen LogP contribution in [0.5, 0.6) is 11.5 Å². The van der Waals surface area contributed by atoms with E-state index in [2.05, 4.69) is 10.3 Å². The highest BCUT2D eigenvalue weighted by atomic mass is 32.1. The summed E-state index contributed by atoms with van der Waals surface area (Å²) in [5, 5.41) is 3.90. The molecule has 0 saturated carbocycles. The number of anilines is 1. The number of hydrogen-bond acceptors (Lipinski definition) is 5. The van der Waals surface area contributed by atoms with Crippen molar-refractivity contribution in [1.29, 1.82) is 0 Å². The van der Waals surface area contributed by atoms with Crippen LogP contribution in [0, 0.1) is 6.92 Å². The van der Waals surface area contributed by atoms with Crippen molar-refractivity contribution in [1.82, 2.24) is 4.98 Å². The van der Waals surface area contributed by atoms with Gasteiger partial charge in [0.2, 0.25) is 5.91 Å². The Bertz CT molecular complexity index is 860. The molecule has 1 aromatic heterocycles. The molecule has 0 radical (unpaired) electrons. The monoisotopic (exact) mass is 342 g/mol. The molecule has 6 heteroatoms. The van der Waals surface area contributed by atoms with E-state index in [1.807, 2.05) is 49.4 Å². The molecule has 1 N–H and O–H groups in total. The van der Waals surface area contributed by atoms with Crippen LogP contribution in [0.25, 0.3) is 10.2 Å². The first kappa shape index (κ1) is 16.3. The van der Waals surface area contributed by atoms with E-state index in [0.717, 1.165) is 20.9 Å². The molecule has 0 unspecified atom stereocenters. The number of aryl methyl sites for hydroxylation is 1. The van der Waals surface area contributed by atoms with Crippen molar-refractivity contribution < 1.29 is 14.3 Å². The summed E-state index contributed by atoms with van der Waals surface area (Å²) in [5.41, 5.74) is 1.73. The Kier molecular flexibility index (Phi) is 4.96. The highest BCUT2D eigenvalue weighted by Gasteiger charge is 2.07. The van der Waals surface area contributed by atoms with Crippen molar-refractivity contribution >= 4 is 33.1 Å². The molecule has 0 fully saturated rings. The SMILES string of the molecule is COc1ccccc1OCCC(=O)Nc1ccc2nc(C)sc2c1. The van der Waals surface area contributed by atoms with Crippen LogP contribution >= 0.6 is 11.3 Å². The molecule has 1 heterocycles. The Morgan fingerprint density at radius 3 is 2.79 bits per heavy atom. The van der Waals surface area contributed by atoms with Crippen molar-refractivity contribution in [3.63, 3.8) is 0 Å². The molecule has 0 atom stereocenters. The first-order valence-electron chi connectivity index (χ1n) is 7.58. The lowest BCUT2D eigenvalue weighted by atomic mass is 10.3. The van der Waals surface area contributed by atoms with E-state index in [9.17, 15) is 4.79 Å². The number of rotatable bonds is 6. The van der Waals surface area contributed by atoms with E-state index in [4.69, 9.17) is 9.47 Å². The van der Waals surface area contributed by atoms with Gasteiger partial charge in [-0.1, -0.05) is 12.1 Å². The van der Waals surface area contributed by atoms with Crippen LogP contribution in [0.3, 0.4) is 0 Å². The minimum Gasteiger partial charge on any atom is -0.493 e. The van der Waals surface area contributed by atoms with E-state index in [0.29, 0.717) is 11.5 Å². The molecule has 3 aromatic rings. The van der Waals surface area contributed by atoms with E-state index < -0.39 is 0 Å². The summed E-state index contributed by atoms with van der Waals surface area (Å²) in [4.78, 5) is 16.5. The van der Waals surface area contributed by atoms with Crippen LogP contribution in [0.4, 0.5) is 5.69 Å². The number of para-hydroxylation sites is 2. The van der Waals surface area contributed by atoms with Gasteiger partial charge in [-0.15, -0.1) is 11.3 Å². The van der Waals surface area contributed by atoms with Crippen molar-refractivity contribution in [2.45, 2.75) is 13.3 Å². The van der Waals surface area contributed by atoms with E-state index in [1.165, 1.54) is 0 Å². The Labute approximate surface area is 144 Å². The van der Waals surface area contributed by atoms with Gasteiger partial charge in [0.15, 0.2) is 11.5 Å². The van der Waals surface area contributed by atoms with E-state index >= 15 is 0 Å². The predicted molar refractivity (Wildman–Crippen MR) is 96.1 cm³/mol. The fourth-order valence-corrected chi connectivity index (χ4v) is 3.20. The molecular formula is C18H18N2O3S. The molecule has 0 bridgehead atoms. The smallest absolute Gasteiger partial charge is 0.227 e. The maximum Gasteiger partial charge on any atom is 0.227 e. The Morgan fingerprint density at radius 1 is 1.21 bits per heavy atom. The van der Waals surface area contributed by atoms with E-state index in [-0.39, 0.29) is 18.9 Å². The number of nitrogens with one attached hydrogen (secondary N) is 1. The lowest BCUT2D eigenvalue weighted by Crippen LogP contribution is -2.15. The summed E-state index contributed by atoms with van der Waals surface area (Å²) in [6, 6.07) is 13.1. The van der Waals surface area contributed by atoms with Gasteiger partial charge in [-0.3, -0.25) is 4.79 Å². The van der Waals surface area contributed by atoms with Crippen molar-refractivity contribution in [3.8, 4) is 11.5 Å². The first-order valence-corrected chi connectivity index (χ1v) is 8.40. The molecule has 0 aliphatic carbocycles. The Balaban J connectivity index is 1.55. The van der Waals surface area contributed by atoms with Crippen LogP contribution in [0.2, 0.25) is 0 Å². The summed E-state index contributed by atoms with van der Waals surface area (Å²) >= 11 is 1.61. The third-order valence-electron chi connectivity index (χ3n) is 3.43. The van der Waals surface area contributed by atoms with Crippen LogP contribution in [0.15, 0.2) is 42.5 Å². The lowest BCUT2D eigenvalue weighted by Gasteiger charge is -2.10. The molecule has 5 nitrogen and oxygen atoms in total. The summed E-state index contributed by atoms with van der Waals surface area (Å²) in [6.07, 6.45) is 0.262. The number of thiazole rings is 1. The fraction of sp³-hybridized carbons (Fsp3) is 0.222. The second kappa shape index (κ2) is 7.31. The minimum absolute atomic E-state index is 0.0921. The minimum atomic E-state index is -0.0921. The quantitative estimate of drug-likeness (QED) is 0.735. The molecule has 1 amide bonds. The van der Waals surface area contributed by atoms with Gasteiger partial charge < -0.3 is 14.8 Å². The van der Waals surface area contributed by atoms with Crippen LogP contribution in [-0.2, 0) is 4.79 Å². The van der Waals surface area contributed by atoms with E-state index in [1.54, 1.807) is 18.4 Å². The normalized spacial score (nSPS) is 10.6. The highest BCUT2D eigenvalue weighted by Crippen LogP contribution is 2.26. The summed E-state index contributed by atoms with van der Waals surface area (Å²) < 4.78 is 11.9. The Morgan fingerprint density at radius 2 is 2.00 bits per heavy atom. The number of amides is 1. The largest absolute Gasteiger partial charge is 0.493 e. The summed E-state index contributed by atoms with van der Waals surface area (Å²) in [5.74, 6) is 1.20. The van der Waals surface area contributed by atoms with Crippen LogP contribution in [0.1, 0.15) is 11.4 Å². The average Bonchev–Trinajstić information content (AvgIpc) is 2.94. The number of benzene rings is 2. The number of ether oxygens (including phenoxy) is 2. The first-order chi connectivity index (χ1) is 11.7. The zero-order valence-electron chi connectivity index (χ0n) is 13.5. The maximum absolute atomic E-state index is 12.1. The highest BCUT2D eigenvalue weighted by molar-refractivity contribution is 7.18. The van der Waals surface area contributed by atoms with Crippen molar-refractivity contribution in [3.05, 3.63) is 47.5 Å². The molecule has 124 valence electrons. The van der Waals surface area contributed by atoms with Gasteiger partial charge in [0.1, 0.15) is 0 Å². The number of carbonyl (C=O) groups is 1. The molecule has 24 heavy (non-hydrogen) atoms. The zero-order chi connectivity index (χ0) is 16.9. The third kappa shape index (κ3) is 3.83. The lowest BCUT2D eigenvalue weighted by molar-refractivity contribution is -0.116. The average molecular weight is 342 g/mol. The molecule has 0 saturated heterocycles. The Hall–Kier alpha value is -2.60. The maximum atomic E-state index is 12.1. The van der Waals surface area contributed by atoms with Crippen molar-refractivity contribution in [2.24, 2.45) is 0 Å². The second-order valence-electron chi connectivity index (χ2n) is 5.21. The molecular weight excluding hydrogens is 324 g/mol. The number of carbonyl (C=O) groups excluding carboxylic acids is 1. The molecule has 2 aromatic carbocycles. The van der Waals surface area contributed by atoms with Gasteiger partial charge in [0.05, 0.1) is 35.4 Å². The standard InChI is InChI=1S/C18H18N2O3S/c1-12-19-14-8-7-13(11-17(14)24-12)20-18(21)9-10-23-16-6-4-3-5-15(16)22-2/h3-8,11H,9-10H2,1-2H3,(H,20,21). The molecule has 0 aliphatic heterocycles. The topological polar surface area (TPSA) is 60.5 Å². The third-order valence-corrected chi connectivity index (χ3v) is 4.37. The molecule has 3 rings (SSSR count). The van der Waals surface area contributed by atoms with Gasteiger partial charge >= 0.3 is 0 Å². The predicted octanol–water partition coefficient (Wildman–Crippen LogP) is 4.02. The summed E-state index contributed by atoms with van der Waals surface area (Å²) in [7, 11) is 1.59. The second-order valence-corrected chi connectivity index (χ2v) is 6.45. The van der Waals surface area contributed by atoms with Gasteiger partial charge in [0, 0.05) is 5.69 Å². The number of aromatic nitrogens is 1. The number of fused-ring (bicyclic) bond motifs is 1. The number of nitrogens with zero attached hydrogens (tertiary/aromatic N) is 1. The summed E-state index contributed by atoms with van der Waals surface area (Å²) in [6.45, 7) is 2.26. The van der Waals surface area contributed by atoms with Crippen LogP contribution in [-0.4, -0.2) is 24.6 Å². The fourth-order valence-electron chi connectivity index (χ4n) is 2.33. The van der Waals surface area contributed by atoms with Crippen LogP contribution < -0.4 is 14.8 Å². The zero-order valence-corrected chi connectivity index (χ0v) is 14.4. The van der Waals surface area contributed by atoms with Gasteiger partial charge in [0.25, 0.3) is 0 Å². The van der Waals surface area contributed by atoms with Crippen molar-refractivity contribution in [2.75, 3.05) is 19.0 Å². The molecule has 0 spiro atoms. The van der Waals surface area contributed by atoms with Gasteiger partial charge in [-0.25, -0.2) is 4.98 Å².